The van der Waals surface area contributed by atoms with E-state index in [0.29, 0.717) is 4.90 Å². The van der Waals surface area contributed by atoms with Crippen LogP contribution in [0, 0.1) is 0 Å². The van der Waals surface area contributed by atoms with Gasteiger partial charge in [0.1, 0.15) is 6.04 Å². The van der Waals surface area contributed by atoms with Gasteiger partial charge < -0.3 is 5.32 Å². The van der Waals surface area contributed by atoms with Crippen molar-refractivity contribution < 1.29 is 32.8 Å². The summed E-state index contributed by atoms with van der Waals surface area (Å²) >= 11 is 0. The second kappa shape index (κ2) is 5.48. The van der Waals surface area contributed by atoms with Crippen LogP contribution in [0.2, 0.25) is 0 Å². The molecule has 0 radical (unpaired) electrons. The third kappa shape index (κ3) is 2.41. The van der Waals surface area contributed by atoms with Gasteiger partial charge in [0.2, 0.25) is 11.8 Å². The van der Waals surface area contributed by atoms with Gasteiger partial charge in [0, 0.05) is 5.69 Å². The van der Waals surface area contributed by atoms with E-state index < -0.39 is 42.0 Å². The van der Waals surface area contributed by atoms with Crippen molar-refractivity contribution in [1.29, 1.82) is 0 Å². The fourth-order valence-corrected chi connectivity index (χ4v) is 2.57. The molecular formula is C14H9F2N3O5. The van der Waals surface area contributed by atoms with E-state index in [4.69, 9.17) is 0 Å². The fourth-order valence-electron chi connectivity index (χ4n) is 2.57. The van der Waals surface area contributed by atoms with Crippen molar-refractivity contribution in [2.24, 2.45) is 0 Å². The highest BCUT2D eigenvalue weighted by molar-refractivity contribution is 6.24. The molecule has 2 N–H and O–H groups in total. The summed E-state index contributed by atoms with van der Waals surface area (Å²) in [4.78, 5) is 59.2. The maximum atomic E-state index is 12.4. The van der Waals surface area contributed by atoms with Gasteiger partial charge in [-0.1, -0.05) is 0 Å². The van der Waals surface area contributed by atoms with E-state index in [-0.39, 0.29) is 23.2 Å². The van der Waals surface area contributed by atoms with Crippen LogP contribution < -0.4 is 10.6 Å². The summed E-state index contributed by atoms with van der Waals surface area (Å²) in [6.07, 6.45) is -3.57. The Morgan fingerprint density at radius 1 is 1.17 bits per heavy atom. The number of nitrogens with one attached hydrogen (secondary N) is 2. The molecule has 0 spiro atoms. The lowest BCUT2D eigenvalue weighted by atomic mass is 10.1. The van der Waals surface area contributed by atoms with E-state index in [9.17, 15) is 32.8 Å². The molecule has 1 saturated heterocycles. The molecule has 0 aliphatic carbocycles. The molecule has 1 unspecified atom stereocenters. The first-order chi connectivity index (χ1) is 11.3. The number of anilines is 1. The summed E-state index contributed by atoms with van der Waals surface area (Å²) < 4.78 is 24.5. The zero-order chi connectivity index (χ0) is 17.6. The summed E-state index contributed by atoms with van der Waals surface area (Å²) in [6.45, 7) is 0. The standard InChI is InChI=1S/C14H9F2N3O5/c15-10(16)12(22)17-5-1-2-6-7(3-5)14(24)19(13(6)23)8-4-9(20)18-11(8)21/h1-3,8,10H,4H2,(H,17,22)(H,18,20,21). The van der Waals surface area contributed by atoms with Crippen LogP contribution in [0.5, 0.6) is 0 Å². The zero-order valence-corrected chi connectivity index (χ0v) is 11.8. The normalized spacial score (nSPS) is 19.8. The van der Waals surface area contributed by atoms with Gasteiger partial charge in [0.25, 0.3) is 17.7 Å². The zero-order valence-electron chi connectivity index (χ0n) is 11.8. The first-order valence-electron chi connectivity index (χ1n) is 6.74. The monoisotopic (exact) mass is 337 g/mol. The molecule has 2 aliphatic rings. The molecule has 10 heteroatoms. The van der Waals surface area contributed by atoms with E-state index in [2.05, 4.69) is 0 Å². The van der Waals surface area contributed by atoms with E-state index in [0.717, 1.165) is 6.07 Å². The van der Waals surface area contributed by atoms with Gasteiger partial charge in [-0.2, -0.15) is 8.78 Å². The Hall–Kier alpha value is -3.17. The summed E-state index contributed by atoms with van der Waals surface area (Å²) in [7, 11) is 0. The Morgan fingerprint density at radius 2 is 1.83 bits per heavy atom. The van der Waals surface area contributed by atoms with Crippen molar-refractivity contribution >= 4 is 35.2 Å². The van der Waals surface area contributed by atoms with Gasteiger partial charge in [-0.25, -0.2) is 0 Å². The van der Waals surface area contributed by atoms with Crippen LogP contribution in [0.25, 0.3) is 0 Å². The minimum atomic E-state index is -3.24. The van der Waals surface area contributed by atoms with Crippen LogP contribution in [0.3, 0.4) is 0 Å². The maximum Gasteiger partial charge on any atom is 0.315 e. The molecule has 2 heterocycles. The molecule has 5 amide bonds. The summed E-state index contributed by atoms with van der Waals surface area (Å²) in [6, 6.07) is 2.20. The van der Waals surface area contributed by atoms with Crippen molar-refractivity contribution in [3.05, 3.63) is 29.3 Å². The average molecular weight is 337 g/mol. The average Bonchev–Trinajstić information content (AvgIpc) is 2.96. The SMILES string of the molecule is O=C1CC(N2C(=O)c3ccc(NC(=O)C(F)F)cc3C2=O)C(=O)N1. The molecule has 124 valence electrons. The lowest BCUT2D eigenvalue weighted by Gasteiger charge is -2.18. The Kier molecular flexibility index (Phi) is 3.59. The third-order valence-electron chi connectivity index (χ3n) is 3.64. The highest BCUT2D eigenvalue weighted by Gasteiger charge is 2.46. The molecule has 1 atom stereocenters. The molecule has 8 nitrogen and oxygen atoms in total. The number of nitrogens with zero attached hydrogens (tertiary/aromatic N) is 1. The molecule has 0 aromatic heterocycles. The lowest BCUT2D eigenvalue weighted by Crippen LogP contribution is -2.44. The van der Waals surface area contributed by atoms with Gasteiger partial charge in [0.05, 0.1) is 17.5 Å². The van der Waals surface area contributed by atoms with Crippen molar-refractivity contribution in [3.63, 3.8) is 0 Å². The predicted octanol–water partition coefficient (Wildman–Crippen LogP) is -0.0987. The van der Waals surface area contributed by atoms with Crippen LogP contribution in [-0.2, 0) is 14.4 Å². The molecule has 0 saturated carbocycles. The van der Waals surface area contributed by atoms with E-state index >= 15 is 0 Å². The number of rotatable bonds is 3. The van der Waals surface area contributed by atoms with Gasteiger partial charge in [0.15, 0.2) is 0 Å². The maximum absolute atomic E-state index is 12.4. The van der Waals surface area contributed by atoms with Crippen LogP contribution in [0.15, 0.2) is 18.2 Å². The predicted molar refractivity (Wildman–Crippen MR) is 73.1 cm³/mol. The Balaban J connectivity index is 1.90. The largest absolute Gasteiger partial charge is 0.321 e. The molecule has 3 rings (SSSR count). The smallest absolute Gasteiger partial charge is 0.315 e. The van der Waals surface area contributed by atoms with E-state index in [1.54, 1.807) is 0 Å². The highest BCUT2D eigenvalue weighted by Crippen LogP contribution is 2.29. The Bertz CT molecular complexity index is 808. The van der Waals surface area contributed by atoms with Crippen molar-refractivity contribution in [2.45, 2.75) is 18.9 Å². The number of alkyl halides is 2. The van der Waals surface area contributed by atoms with Gasteiger partial charge in [-0.05, 0) is 18.2 Å². The second-order valence-corrected chi connectivity index (χ2v) is 5.16. The number of fused-ring (bicyclic) bond motifs is 1. The number of hydrogen-bond acceptors (Lipinski definition) is 5. The molecule has 0 bridgehead atoms. The third-order valence-corrected chi connectivity index (χ3v) is 3.64. The Labute approximate surface area is 132 Å². The van der Waals surface area contributed by atoms with E-state index in [1.165, 1.54) is 12.1 Å². The minimum Gasteiger partial charge on any atom is -0.321 e. The first kappa shape index (κ1) is 15.7. The molecule has 24 heavy (non-hydrogen) atoms. The van der Waals surface area contributed by atoms with Crippen molar-refractivity contribution in [3.8, 4) is 0 Å². The Morgan fingerprint density at radius 3 is 2.42 bits per heavy atom. The number of carbonyl (C=O) groups is 5. The number of imide groups is 2. The quantitative estimate of drug-likeness (QED) is 0.748. The van der Waals surface area contributed by atoms with E-state index in [1.807, 2.05) is 10.6 Å². The highest BCUT2D eigenvalue weighted by atomic mass is 19.3. The van der Waals surface area contributed by atoms with Crippen LogP contribution in [-0.4, -0.2) is 46.9 Å². The summed E-state index contributed by atoms with van der Waals surface area (Å²) in [5.74, 6) is -4.52. The fraction of sp³-hybridized carbons (Fsp3) is 0.214. The van der Waals surface area contributed by atoms with Crippen molar-refractivity contribution in [2.75, 3.05) is 5.32 Å². The summed E-state index contributed by atoms with van der Waals surface area (Å²) in [5.41, 5.74) is -0.268. The van der Waals surface area contributed by atoms with Crippen molar-refractivity contribution in [1.82, 2.24) is 10.2 Å². The van der Waals surface area contributed by atoms with Crippen LogP contribution in [0.4, 0.5) is 14.5 Å². The number of amides is 5. The molecular weight excluding hydrogens is 328 g/mol. The molecule has 1 aromatic rings. The van der Waals surface area contributed by atoms with Gasteiger partial charge in [-0.15, -0.1) is 0 Å². The topological polar surface area (TPSA) is 113 Å². The van der Waals surface area contributed by atoms with Crippen LogP contribution in [0.1, 0.15) is 27.1 Å². The lowest BCUT2D eigenvalue weighted by molar-refractivity contribution is -0.127. The molecule has 1 aromatic carbocycles. The number of benzene rings is 1. The van der Waals surface area contributed by atoms with Gasteiger partial charge >= 0.3 is 6.43 Å². The molecule has 1 fully saturated rings. The number of halogens is 2. The second-order valence-electron chi connectivity index (χ2n) is 5.16. The first-order valence-corrected chi connectivity index (χ1v) is 6.74. The minimum absolute atomic E-state index is 0.0396. The summed E-state index contributed by atoms with van der Waals surface area (Å²) in [5, 5.41) is 3.90. The van der Waals surface area contributed by atoms with Crippen LogP contribution >= 0.6 is 0 Å². The number of carbonyl (C=O) groups excluding carboxylic acids is 5. The van der Waals surface area contributed by atoms with Gasteiger partial charge in [-0.3, -0.25) is 34.2 Å². The molecule has 2 aliphatic heterocycles. The number of hydrogen-bond donors (Lipinski definition) is 2.